The third kappa shape index (κ3) is 4.94. The van der Waals surface area contributed by atoms with E-state index in [1.807, 2.05) is 18.7 Å². The molecule has 0 spiro atoms. The molecule has 2 aliphatic rings. The molecule has 0 unspecified atom stereocenters. The zero-order valence-electron chi connectivity index (χ0n) is 20.1. The maximum Gasteiger partial charge on any atom is 0.262 e. The molecule has 0 N–H and O–H groups in total. The van der Waals surface area contributed by atoms with Crippen molar-refractivity contribution < 1.29 is 13.2 Å². The highest BCUT2D eigenvalue weighted by atomic mass is 32.2. The summed E-state index contributed by atoms with van der Waals surface area (Å²) in [5.41, 5.74) is 3.75. The summed E-state index contributed by atoms with van der Waals surface area (Å²) in [6.07, 6.45) is 4.26. The Labute approximate surface area is 197 Å². The third-order valence-electron chi connectivity index (χ3n) is 6.88. The van der Waals surface area contributed by atoms with Gasteiger partial charge >= 0.3 is 0 Å². The second-order valence-electron chi connectivity index (χ2n) is 9.53. The first-order chi connectivity index (χ1) is 15.7. The van der Waals surface area contributed by atoms with E-state index < -0.39 is 10.0 Å². The van der Waals surface area contributed by atoms with E-state index in [1.165, 1.54) is 21.1 Å². The molecule has 8 nitrogen and oxygen atoms in total. The molecule has 2 saturated heterocycles. The maximum absolute atomic E-state index is 13.1. The maximum atomic E-state index is 13.1. The van der Waals surface area contributed by atoms with E-state index in [4.69, 9.17) is 0 Å². The summed E-state index contributed by atoms with van der Waals surface area (Å²) >= 11 is 0. The molecule has 1 aromatic carbocycles. The van der Waals surface area contributed by atoms with Gasteiger partial charge in [-0.25, -0.2) is 13.4 Å². The van der Waals surface area contributed by atoms with Crippen LogP contribution < -0.4 is 4.90 Å². The van der Waals surface area contributed by atoms with Gasteiger partial charge in [0.15, 0.2) is 5.03 Å². The van der Waals surface area contributed by atoms with Crippen molar-refractivity contribution in [3.05, 3.63) is 41.9 Å². The van der Waals surface area contributed by atoms with E-state index in [2.05, 4.69) is 41.9 Å². The van der Waals surface area contributed by atoms with Crippen LogP contribution in [-0.2, 0) is 14.8 Å². The van der Waals surface area contributed by atoms with Crippen LogP contribution in [-0.4, -0.2) is 72.3 Å². The molecule has 2 aliphatic heterocycles. The Bertz CT molecular complexity index is 1100. The summed E-state index contributed by atoms with van der Waals surface area (Å²) in [5, 5.41) is 0.0866. The van der Waals surface area contributed by atoms with Crippen molar-refractivity contribution in [1.29, 1.82) is 0 Å². The standard InChI is InChI=1S/C24H35N5O3S/c1-18(2)28-16-23(25-17-28)33(31,32)29-9-7-21(8-10-29)24(30)27-13-11-26(12-14-27)22-15-19(3)5-6-20(22)4/h5-6,15-18,21H,7-14H2,1-4H3. The predicted octanol–water partition coefficient (Wildman–Crippen LogP) is 2.83. The Kier molecular flexibility index (Phi) is 6.81. The zero-order chi connectivity index (χ0) is 23.8. The van der Waals surface area contributed by atoms with Crippen LogP contribution in [0.2, 0.25) is 0 Å². The highest BCUT2D eigenvalue weighted by Gasteiger charge is 2.35. The number of amides is 1. The van der Waals surface area contributed by atoms with Crippen molar-refractivity contribution >= 4 is 21.6 Å². The van der Waals surface area contributed by atoms with Gasteiger partial charge in [0.25, 0.3) is 10.0 Å². The normalized spacial score (nSPS) is 18.8. The van der Waals surface area contributed by atoms with Gasteiger partial charge in [-0.3, -0.25) is 4.79 Å². The summed E-state index contributed by atoms with van der Waals surface area (Å²) in [6.45, 7) is 12.0. The van der Waals surface area contributed by atoms with Crippen molar-refractivity contribution in [3.63, 3.8) is 0 Å². The largest absolute Gasteiger partial charge is 0.368 e. The third-order valence-corrected chi connectivity index (χ3v) is 8.66. The Hall–Kier alpha value is -2.39. The number of imidazole rings is 1. The van der Waals surface area contributed by atoms with E-state index >= 15 is 0 Å². The van der Waals surface area contributed by atoms with Crippen LogP contribution in [0.1, 0.15) is 43.9 Å². The molecule has 0 atom stereocenters. The summed E-state index contributed by atoms with van der Waals surface area (Å²) in [5.74, 6) is 0.0497. The average molecular weight is 474 g/mol. The van der Waals surface area contributed by atoms with Crippen LogP contribution in [0.4, 0.5) is 5.69 Å². The number of aromatic nitrogens is 2. The molecule has 9 heteroatoms. The fourth-order valence-corrected chi connectivity index (χ4v) is 6.09. The number of carbonyl (C=O) groups is 1. The van der Waals surface area contributed by atoms with Crippen LogP contribution in [0.3, 0.4) is 0 Å². The molecule has 33 heavy (non-hydrogen) atoms. The summed E-state index contributed by atoms with van der Waals surface area (Å²) in [7, 11) is -3.62. The number of piperidine rings is 1. The SMILES string of the molecule is Cc1ccc(C)c(N2CCN(C(=O)C3CCN(S(=O)(=O)c4cn(C(C)C)cn4)CC3)CC2)c1. The predicted molar refractivity (Wildman–Crippen MR) is 129 cm³/mol. The van der Waals surface area contributed by atoms with Gasteiger partial charge in [0, 0.05) is 63.1 Å². The molecule has 180 valence electrons. The molecule has 1 amide bonds. The number of hydrogen-bond acceptors (Lipinski definition) is 5. The molecular weight excluding hydrogens is 438 g/mol. The van der Waals surface area contributed by atoms with Gasteiger partial charge in [-0.2, -0.15) is 4.31 Å². The lowest BCUT2D eigenvalue weighted by atomic mass is 9.96. The summed E-state index contributed by atoms with van der Waals surface area (Å²) < 4.78 is 29.2. The molecule has 3 heterocycles. The minimum atomic E-state index is -3.62. The molecule has 4 rings (SSSR count). The lowest BCUT2D eigenvalue weighted by molar-refractivity contribution is -0.137. The van der Waals surface area contributed by atoms with Gasteiger partial charge in [0.05, 0.1) is 6.33 Å². The smallest absolute Gasteiger partial charge is 0.262 e. The summed E-state index contributed by atoms with van der Waals surface area (Å²) in [6, 6.07) is 6.64. The number of anilines is 1. The van der Waals surface area contributed by atoms with Gasteiger partial charge in [-0.15, -0.1) is 0 Å². The Balaban J connectivity index is 1.32. The van der Waals surface area contributed by atoms with E-state index in [9.17, 15) is 13.2 Å². The molecule has 0 saturated carbocycles. The zero-order valence-corrected chi connectivity index (χ0v) is 20.9. The first-order valence-electron chi connectivity index (χ1n) is 11.8. The van der Waals surface area contributed by atoms with Crippen molar-refractivity contribution in [2.45, 2.75) is 51.6 Å². The fraction of sp³-hybridized carbons (Fsp3) is 0.583. The number of benzene rings is 1. The van der Waals surface area contributed by atoms with Crippen LogP contribution in [0.5, 0.6) is 0 Å². The van der Waals surface area contributed by atoms with Crippen molar-refractivity contribution in [2.75, 3.05) is 44.2 Å². The first kappa shape index (κ1) is 23.8. The quantitative estimate of drug-likeness (QED) is 0.667. The van der Waals surface area contributed by atoms with E-state index in [1.54, 1.807) is 17.1 Å². The van der Waals surface area contributed by atoms with Gasteiger partial charge < -0.3 is 14.4 Å². The van der Waals surface area contributed by atoms with E-state index in [0.717, 1.165) is 13.1 Å². The number of rotatable bonds is 5. The number of hydrogen-bond donors (Lipinski definition) is 0. The average Bonchev–Trinajstić information content (AvgIpc) is 3.32. The van der Waals surface area contributed by atoms with Crippen LogP contribution in [0.25, 0.3) is 0 Å². The second kappa shape index (κ2) is 9.46. The minimum Gasteiger partial charge on any atom is -0.368 e. The molecule has 1 aromatic heterocycles. The Morgan fingerprint density at radius 2 is 1.70 bits per heavy atom. The minimum absolute atomic E-state index is 0.0866. The van der Waals surface area contributed by atoms with Gasteiger partial charge in [0.2, 0.25) is 5.91 Å². The van der Waals surface area contributed by atoms with Crippen molar-refractivity contribution in [1.82, 2.24) is 18.8 Å². The molecular formula is C24H35N5O3S. The molecule has 0 radical (unpaired) electrons. The number of sulfonamides is 1. The number of carbonyl (C=O) groups excluding carboxylic acids is 1. The topological polar surface area (TPSA) is 78.8 Å². The summed E-state index contributed by atoms with van der Waals surface area (Å²) in [4.78, 5) is 21.6. The highest BCUT2D eigenvalue weighted by molar-refractivity contribution is 7.89. The number of aryl methyl sites for hydroxylation is 2. The Morgan fingerprint density at radius 1 is 1.03 bits per heavy atom. The number of nitrogens with zero attached hydrogens (tertiary/aromatic N) is 5. The van der Waals surface area contributed by atoms with Gasteiger partial charge in [0.1, 0.15) is 0 Å². The van der Waals surface area contributed by atoms with E-state index in [-0.39, 0.29) is 22.9 Å². The monoisotopic (exact) mass is 473 g/mol. The van der Waals surface area contributed by atoms with Gasteiger partial charge in [-0.05, 0) is 57.7 Å². The van der Waals surface area contributed by atoms with Crippen molar-refractivity contribution in [3.8, 4) is 0 Å². The van der Waals surface area contributed by atoms with Crippen LogP contribution in [0, 0.1) is 19.8 Å². The molecule has 2 aromatic rings. The molecule has 2 fully saturated rings. The lowest BCUT2D eigenvalue weighted by Crippen LogP contribution is -2.52. The van der Waals surface area contributed by atoms with Gasteiger partial charge in [-0.1, -0.05) is 12.1 Å². The van der Waals surface area contributed by atoms with Crippen molar-refractivity contribution in [2.24, 2.45) is 5.92 Å². The number of piperazine rings is 1. The second-order valence-corrected chi connectivity index (χ2v) is 11.4. The molecule has 0 aliphatic carbocycles. The Morgan fingerprint density at radius 3 is 2.30 bits per heavy atom. The highest BCUT2D eigenvalue weighted by Crippen LogP contribution is 2.27. The fourth-order valence-electron chi connectivity index (χ4n) is 4.69. The first-order valence-corrected chi connectivity index (χ1v) is 13.3. The lowest BCUT2D eigenvalue weighted by Gasteiger charge is -2.39. The van der Waals surface area contributed by atoms with Crippen LogP contribution in [0.15, 0.2) is 35.7 Å². The molecule has 0 bridgehead atoms. The van der Waals surface area contributed by atoms with Crippen LogP contribution >= 0.6 is 0 Å². The van der Waals surface area contributed by atoms with E-state index in [0.29, 0.717) is 39.0 Å².